The van der Waals surface area contributed by atoms with Gasteiger partial charge in [0, 0.05) is 5.75 Å². The summed E-state index contributed by atoms with van der Waals surface area (Å²) in [6, 6.07) is 9.89. The van der Waals surface area contributed by atoms with Crippen LogP contribution in [0.1, 0.15) is 24.2 Å². The highest BCUT2D eigenvalue weighted by molar-refractivity contribution is 7.85. The molecule has 0 aliphatic heterocycles. The van der Waals surface area contributed by atoms with E-state index in [1.54, 1.807) is 25.1 Å². The van der Waals surface area contributed by atoms with Gasteiger partial charge in [-0.25, -0.2) is 9.18 Å². The van der Waals surface area contributed by atoms with Crippen LogP contribution in [-0.4, -0.2) is 27.9 Å². The number of ether oxygens (including phenoxy) is 1. The average Bonchev–Trinajstić information content (AvgIpc) is 2.63. The molecule has 0 spiro atoms. The van der Waals surface area contributed by atoms with Crippen LogP contribution in [0.25, 0.3) is 0 Å². The molecule has 8 heteroatoms. The zero-order valence-corrected chi connectivity index (χ0v) is 15.7. The van der Waals surface area contributed by atoms with Crippen molar-refractivity contribution >= 4 is 40.0 Å². The molecule has 138 valence electrons. The lowest BCUT2D eigenvalue weighted by Gasteiger charge is -2.15. The number of hydrogen-bond donors (Lipinski definition) is 1. The number of nitrogens with one attached hydrogen (secondary N) is 1. The summed E-state index contributed by atoms with van der Waals surface area (Å²) in [5.41, 5.74) is 0.348. The van der Waals surface area contributed by atoms with Gasteiger partial charge in [-0.05, 0) is 37.3 Å². The first kappa shape index (κ1) is 20.1. The fourth-order valence-corrected chi connectivity index (χ4v) is 3.24. The van der Waals surface area contributed by atoms with Crippen LogP contribution < -0.4 is 5.32 Å². The van der Waals surface area contributed by atoms with Crippen molar-refractivity contribution in [1.82, 2.24) is 0 Å². The third-order valence-corrected chi connectivity index (χ3v) is 5.14. The first-order valence-corrected chi connectivity index (χ1v) is 9.47. The fourth-order valence-electron chi connectivity index (χ4n) is 2.09. The number of anilines is 1. The second-order valence-corrected chi connectivity index (χ2v) is 7.41. The van der Waals surface area contributed by atoms with Crippen molar-refractivity contribution in [2.75, 3.05) is 11.1 Å². The predicted molar refractivity (Wildman–Crippen MR) is 98.3 cm³/mol. The van der Waals surface area contributed by atoms with E-state index in [4.69, 9.17) is 16.3 Å². The lowest BCUT2D eigenvalue weighted by molar-refractivity contribution is -0.123. The van der Waals surface area contributed by atoms with Gasteiger partial charge in [0.1, 0.15) is 5.82 Å². The maximum atomic E-state index is 13.0. The summed E-state index contributed by atoms with van der Waals surface area (Å²) in [6.07, 6.45) is -1.13. The van der Waals surface area contributed by atoms with Gasteiger partial charge < -0.3 is 10.1 Å². The number of amides is 1. The maximum absolute atomic E-state index is 13.0. The number of esters is 1. The Kier molecular flexibility index (Phi) is 6.88. The van der Waals surface area contributed by atoms with Crippen LogP contribution in [-0.2, 0) is 20.3 Å². The number of hydrogen-bond acceptors (Lipinski definition) is 4. The first-order valence-electron chi connectivity index (χ1n) is 7.77. The van der Waals surface area contributed by atoms with E-state index in [1.807, 2.05) is 0 Å². The van der Waals surface area contributed by atoms with Gasteiger partial charge in [0.15, 0.2) is 6.10 Å². The zero-order valence-electron chi connectivity index (χ0n) is 14.1. The van der Waals surface area contributed by atoms with Gasteiger partial charge >= 0.3 is 5.97 Å². The molecule has 0 saturated carbocycles. The summed E-state index contributed by atoms with van der Waals surface area (Å²) in [5, 5.41) is 2.50. The van der Waals surface area contributed by atoms with Crippen molar-refractivity contribution in [3.63, 3.8) is 0 Å². The molecule has 5 nitrogen and oxygen atoms in total. The Morgan fingerprint density at radius 1 is 1.27 bits per heavy atom. The van der Waals surface area contributed by atoms with Crippen molar-refractivity contribution in [3.8, 4) is 0 Å². The van der Waals surface area contributed by atoms with Crippen LogP contribution in [0.4, 0.5) is 10.1 Å². The number of carbonyl (C=O) groups excluding carboxylic acids is 2. The molecule has 2 aromatic carbocycles. The van der Waals surface area contributed by atoms with Crippen molar-refractivity contribution < 1.29 is 22.9 Å². The van der Waals surface area contributed by atoms with Gasteiger partial charge in [-0.2, -0.15) is 0 Å². The summed E-state index contributed by atoms with van der Waals surface area (Å²) in [6.45, 7) is 3.13. The van der Waals surface area contributed by atoms with E-state index in [0.29, 0.717) is 10.6 Å². The molecule has 0 saturated heterocycles. The fraction of sp³-hybridized carbons (Fsp3) is 0.222. The summed E-state index contributed by atoms with van der Waals surface area (Å²) in [4.78, 5) is 24.9. The molecule has 0 heterocycles. The van der Waals surface area contributed by atoms with Crippen LogP contribution in [0, 0.1) is 5.82 Å². The van der Waals surface area contributed by atoms with E-state index in [2.05, 4.69) is 5.32 Å². The highest BCUT2D eigenvalue weighted by Gasteiger charge is 2.22. The number of carbonyl (C=O) groups is 2. The molecule has 2 atom stereocenters. The van der Waals surface area contributed by atoms with E-state index in [1.165, 1.54) is 19.1 Å². The minimum Gasteiger partial charge on any atom is -0.449 e. The molecule has 2 rings (SSSR count). The molecule has 26 heavy (non-hydrogen) atoms. The second-order valence-electron chi connectivity index (χ2n) is 5.29. The third kappa shape index (κ3) is 4.89. The van der Waals surface area contributed by atoms with E-state index in [0.717, 1.165) is 12.1 Å². The molecule has 0 radical (unpaired) electrons. The van der Waals surface area contributed by atoms with Gasteiger partial charge in [0.25, 0.3) is 5.91 Å². The van der Waals surface area contributed by atoms with Crippen molar-refractivity contribution in [2.24, 2.45) is 0 Å². The quantitative estimate of drug-likeness (QED) is 0.753. The van der Waals surface area contributed by atoms with Gasteiger partial charge in [-0.15, -0.1) is 0 Å². The van der Waals surface area contributed by atoms with Crippen molar-refractivity contribution in [1.29, 1.82) is 0 Å². The van der Waals surface area contributed by atoms with E-state index in [-0.39, 0.29) is 16.3 Å². The van der Waals surface area contributed by atoms with Gasteiger partial charge in [0.2, 0.25) is 0 Å². The second kappa shape index (κ2) is 8.91. The molecule has 1 amide bonds. The molecule has 0 fully saturated rings. The van der Waals surface area contributed by atoms with Crippen LogP contribution in [0.3, 0.4) is 0 Å². The highest BCUT2D eigenvalue weighted by Crippen LogP contribution is 2.23. The van der Waals surface area contributed by atoms with Gasteiger partial charge in [-0.1, -0.05) is 30.7 Å². The molecular weight excluding hydrogens is 381 g/mol. The number of rotatable bonds is 6. The highest BCUT2D eigenvalue weighted by atomic mass is 35.5. The molecule has 0 aromatic heterocycles. The minimum atomic E-state index is -1.34. The molecule has 0 bridgehead atoms. The zero-order chi connectivity index (χ0) is 19.3. The predicted octanol–water partition coefficient (Wildman–Crippen LogP) is 3.79. The van der Waals surface area contributed by atoms with Crippen LogP contribution in [0.2, 0.25) is 5.02 Å². The Morgan fingerprint density at radius 2 is 1.96 bits per heavy atom. The molecule has 0 aliphatic rings. The topological polar surface area (TPSA) is 72.5 Å². The van der Waals surface area contributed by atoms with Crippen molar-refractivity contribution in [3.05, 3.63) is 58.9 Å². The third-order valence-electron chi connectivity index (χ3n) is 3.46. The summed E-state index contributed by atoms with van der Waals surface area (Å²) < 4.78 is 30.3. The first-order chi connectivity index (χ1) is 12.3. The van der Waals surface area contributed by atoms with Crippen LogP contribution in [0.5, 0.6) is 0 Å². The molecule has 0 unspecified atom stereocenters. The summed E-state index contributed by atoms with van der Waals surface area (Å²) >= 11 is 5.86. The van der Waals surface area contributed by atoms with Crippen molar-refractivity contribution in [2.45, 2.75) is 24.8 Å². The van der Waals surface area contributed by atoms with Gasteiger partial charge in [-0.3, -0.25) is 9.00 Å². The molecular formula is C18H17ClFNO4S. The number of benzene rings is 2. The standard InChI is InChI=1S/C18H17ClFNO4S/c1-3-26(24)16-7-5-4-6-13(16)18(23)25-11(2)17(22)21-15-9-8-12(20)10-14(15)19/h4-11H,3H2,1-2H3,(H,21,22)/t11-,26+/m1/s1. The SMILES string of the molecule is CC[S@](=O)c1ccccc1C(=O)O[C@H](C)C(=O)Nc1ccc(F)cc1Cl. The Hall–Kier alpha value is -2.25. The Bertz CT molecular complexity index is 859. The minimum absolute atomic E-state index is 0.0283. The van der Waals surface area contributed by atoms with E-state index >= 15 is 0 Å². The molecule has 0 aliphatic carbocycles. The molecule has 2 aromatic rings. The van der Waals surface area contributed by atoms with E-state index in [9.17, 15) is 18.2 Å². The monoisotopic (exact) mass is 397 g/mol. The average molecular weight is 398 g/mol. The lowest BCUT2D eigenvalue weighted by atomic mass is 10.2. The maximum Gasteiger partial charge on any atom is 0.340 e. The Balaban J connectivity index is 2.09. The number of halogens is 2. The van der Waals surface area contributed by atoms with Crippen LogP contribution >= 0.6 is 11.6 Å². The smallest absolute Gasteiger partial charge is 0.340 e. The lowest BCUT2D eigenvalue weighted by Crippen LogP contribution is -2.30. The summed E-state index contributed by atoms with van der Waals surface area (Å²) in [5.74, 6) is -1.56. The Labute approximate surface area is 158 Å². The molecule has 1 N–H and O–H groups in total. The Morgan fingerprint density at radius 3 is 2.62 bits per heavy atom. The van der Waals surface area contributed by atoms with E-state index < -0.39 is 34.6 Å². The summed E-state index contributed by atoms with van der Waals surface area (Å²) in [7, 11) is -1.34. The largest absolute Gasteiger partial charge is 0.449 e. The van der Waals surface area contributed by atoms with Gasteiger partial charge in [0.05, 0.1) is 32.0 Å². The van der Waals surface area contributed by atoms with Crippen LogP contribution in [0.15, 0.2) is 47.4 Å². The normalized spacial score (nSPS) is 12.9.